The van der Waals surface area contributed by atoms with E-state index in [0.29, 0.717) is 26.2 Å². The molecule has 6 nitrogen and oxygen atoms in total. The Labute approximate surface area is 109 Å². The third kappa shape index (κ3) is 3.87. The zero-order valence-corrected chi connectivity index (χ0v) is 11.9. The lowest BCUT2D eigenvalue weighted by Crippen LogP contribution is -2.57. The van der Waals surface area contributed by atoms with E-state index in [-0.39, 0.29) is 6.03 Å². The standard InChI is InChI=1S/C12H24N2O4/c1-6-13(8-9-18-5)11(17)14(7-2)12(3,4)10(15)16/h6-9H2,1-5H3,(H,15,16). The Balaban J connectivity index is 4.93. The van der Waals surface area contributed by atoms with E-state index in [9.17, 15) is 14.7 Å². The van der Waals surface area contributed by atoms with Gasteiger partial charge in [-0.25, -0.2) is 9.59 Å². The molecule has 2 amide bonds. The van der Waals surface area contributed by atoms with Gasteiger partial charge >= 0.3 is 12.0 Å². The second-order valence-electron chi connectivity index (χ2n) is 4.46. The van der Waals surface area contributed by atoms with Crippen LogP contribution in [0.25, 0.3) is 0 Å². The van der Waals surface area contributed by atoms with Gasteiger partial charge in [-0.2, -0.15) is 0 Å². The minimum absolute atomic E-state index is 0.274. The molecule has 0 aliphatic heterocycles. The van der Waals surface area contributed by atoms with E-state index in [1.54, 1.807) is 18.9 Å². The highest BCUT2D eigenvalue weighted by atomic mass is 16.5. The normalized spacial score (nSPS) is 11.2. The van der Waals surface area contributed by atoms with E-state index in [1.807, 2.05) is 6.92 Å². The Hall–Kier alpha value is -1.30. The van der Waals surface area contributed by atoms with Gasteiger partial charge in [-0.1, -0.05) is 0 Å². The molecule has 0 fully saturated rings. The van der Waals surface area contributed by atoms with Crippen LogP contribution < -0.4 is 0 Å². The molecule has 0 unspecified atom stereocenters. The minimum atomic E-state index is -1.22. The average molecular weight is 260 g/mol. The van der Waals surface area contributed by atoms with Crippen molar-refractivity contribution >= 4 is 12.0 Å². The van der Waals surface area contributed by atoms with Crippen LogP contribution in [0, 0.1) is 0 Å². The molecule has 1 N–H and O–H groups in total. The van der Waals surface area contributed by atoms with Crippen molar-refractivity contribution in [3.8, 4) is 0 Å². The SMILES string of the molecule is CCN(CCOC)C(=O)N(CC)C(C)(C)C(=O)O. The molecule has 0 bridgehead atoms. The number of urea groups is 1. The third-order valence-electron chi connectivity index (χ3n) is 2.96. The van der Waals surface area contributed by atoms with Crippen LogP contribution in [0.2, 0.25) is 0 Å². The molecular weight excluding hydrogens is 236 g/mol. The van der Waals surface area contributed by atoms with Gasteiger partial charge in [0.1, 0.15) is 5.54 Å². The predicted octanol–water partition coefficient (Wildman–Crippen LogP) is 1.26. The van der Waals surface area contributed by atoms with E-state index >= 15 is 0 Å². The summed E-state index contributed by atoms with van der Waals surface area (Å²) in [5.41, 5.74) is -1.22. The summed E-state index contributed by atoms with van der Waals surface area (Å²) in [5.74, 6) is -1.01. The number of carboxylic acid groups (broad SMARTS) is 1. The van der Waals surface area contributed by atoms with Gasteiger partial charge < -0.3 is 19.6 Å². The van der Waals surface area contributed by atoms with Crippen molar-refractivity contribution in [3.05, 3.63) is 0 Å². The van der Waals surface area contributed by atoms with Gasteiger partial charge in [-0.05, 0) is 27.7 Å². The van der Waals surface area contributed by atoms with Crippen molar-refractivity contribution in [2.24, 2.45) is 0 Å². The van der Waals surface area contributed by atoms with Gasteiger partial charge in [-0.3, -0.25) is 0 Å². The highest BCUT2D eigenvalue weighted by molar-refractivity contribution is 5.85. The predicted molar refractivity (Wildman–Crippen MR) is 68.6 cm³/mol. The molecule has 0 rings (SSSR count). The first-order valence-electron chi connectivity index (χ1n) is 6.11. The molecule has 0 aliphatic rings. The molecule has 6 heteroatoms. The summed E-state index contributed by atoms with van der Waals surface area (Å²) in [4.78, 5) is 26.4. The van der Waals surface area contributed by atoms with Gasteiger partial charge in [0.25, 0.3) is 0 Å². The van der Waals surface area contributed by atoms with Crippen molar-refractivity contribution < 1.29 is 19.4 Å². The second-order valence-corrected chi connectivity index (χ2v) is 4.46. The Kier molecular flexibility index (Phi) is 6.68. The number of likely N-dealkylation sites (N-methyl/N-ethyl adjacent to an activating group) is 2. The molecule has 0 saturated heterocycles. The summed E-state index contributed by atoms with van der Waals surface area (Å²) in [6.45, 7) is 8.45. The lowest BCUT2D eigenvalue weighted by Gasteiger charge is -2.37. The Morgan fingerprint density at radius 1 is 1.22 bits per heavy atom. The van der Waals surface area contributed by atoms with Crippen molar-refractivity contribution in [2.45, 2.75) is 33.2 Å². The van der Waals surface area contributed by atoms with Crippen LogP contribution in [0.3, 0.4) is 0 Å². The molecule has 106 valence electrons. The molecular formula is C12H24N2O4. The van der Waals surface area contributed by atoms with Crippen molar-refractivity contribution in [2.75, 3.05) is 33.4 Å². The Morgan fingerprint density at radius 2 is 1.78 bits per heavy atom. The number of rotatable bonds is 7. The van der Waals surface area contributed by atoms with E-state index in [1.165, 1.54) is 18.7 Å². The van der Waals surface area contributed by atoms with Crippen LogP contribution >= 0.6 is 0 Å². The molecule has 0 aliphatic carbocycles. The number of methoxy groups -OCH3 is 1. The highest BCUT2D eigenvalue weighted by Crippen LogP contribution is 2.16. The number of aliphatic carboxylic acids is 1. The second kappa shape index (κ2) is 7.20. The van der Waals surface area contributed by atoms with Crippen molar-refractivity contribution in [3.63, 3.8) is 0 Å². The average Bonchev–Trinajstić information content (AvgIpc) is 2.30. The summed E-state index contributed by atoms with van der Waals surface area (Å²) in [6.07, 6.45) is 0. The Bertz CT molecular complexity index is 292. The fourth-order valence-corrected chi connectivity index (χ4v) is 1.65. The summed E-state index contributed by atoms with van der Waals surface area (Å²) in [6, 6.07) is -0.274. The van der Waals surface area contributed by atoms with Crippen LogP contribution in [0.15, 0.2) is 0 Å². The highest BCUT2D eigenvalue weighted by Gasteiger charge is 2.38. The quantitative estimate of drug-likeness (QED) is 0.748. The van der Waals surface area contributed by atoms with Gasteiger partial charge in [0, 0.05) is 26.7 Å². The van der Waals surface area contributed by atoms with Crippen LogP contribution in [0.1, 0.15) is 27.7 Å². The summed E-state index contributed by atoms with van der Waals surface area (Å²) in [7, 11) is 1.57. The molecule has 0 spiro atoms. The van der Waals surface area contributed by atoms with Crippen molar-refractivity contribution in [1.29, 1.82) is 0 Å². The lowest BCUT2D eigenvalue weighted by molar-refractivity contribution is -0.147. The maximum atomic E-state index is 12.3. The van der Waals surface area contributed by atoms with Crippen LogP contribution in [-0.4, -0.2) is 65.8 Å². The van der Waals surface area contributed by atoms with Gasteiger partial charge in [-0.15, -0.1) is 0 Å². The fraction of sp³-hybridized carbons (Fsp3) is 0.833. The first kappa shape index (κ1) is 16.7. The lowest BCUT2D eigenvalue weighted by atomic mass is 10.0. The summed E-state index contributed by atoms with van der Waals surface area (Å²) >= 11 is 0. The molecule has 18 heavy (non-hydrogen) atoms. The largest absolute Gasteiger partial charge is 0.480 e. The van der Waals surface area contributed by atoms with Gasteiger partial charge in [0.15, 0.2) is 0 Å². The van der Waals surface area contributed by atoms with Gasteiger partial charge in [0.2, 0.25) is 0 Å². The number of hydrogen-bond acceptors (Lipinski definition) is 3. The number of nitrogens with zero attached hydrogens (tertiary/aromatic N) is 2. The third-order valence-corrected chi connectivity index (χ3v) is 2.96. The van der Waals surface area contributed by atoms with Crippen LogP contribution in [-0.2, 0) is 9.53 Å². The maximum Gasteiger partial charge on any atom is 0.329 e. The smallest absolute Gasteiger partial charge is 0.329 e. The molecule has 0 aromatic heterocycles. The summed E-state index contributed by atoms with van der Waals surface area (Å²) < 4.78 is 4.94. The van der Waals surface area contributed by atoms with Crippen LogP contribution in [0.4, 0.5) is 4.79 Å². The van der Waals surface area contributed by atoms with E-state index < -0.39 is 11.5 Å². The monoisotopic (exact) mass is 260 g/mol. The maximum absolute atomic E-state index is 12.3. The van der Waals surface area contributed by atoms with E-state index in [4.69, 9.17) is 4.74 Å². The number of amides is 2. The van der Waals surface area contributed by atoms with Crippen LogP contribution in [0.5, 0.6) is 0 Å². The van der Waals surface area contributed by atoms with E-state index in [2.05, 4.69) is 0 Å². The number of hydrogen-bond donors (Lipinski definition) is 1. The molecule has 0 heterocycles. The molecule has 0 aromatic rings. The molecule has 0 atom stereocenters. The first-order chi connectivity index (χ1) is 8.32. The number of carboxylic acids is 1. The molecule has 0 aromatic carbocycles. The molecule has 0 radical (unpaired) electrons. The number of ether oxygens (including phenoxy) is 1. The number of carbonyl (C=O) groups excluding carboxylic acids is 1. The van der Waals surface area contributed by atoms with Crippen molar-refractivity contribution in [1.82, 2.24) is 9.80 Å². The zero-order valence-electron chi connectivity index (χ0n) is 11.9. The van der Waals surface area contributed by atoms with Gasteiger partial charge in [0.05, 0.1) is 6.61 Å². The minimum Gasteiger partial charge on any atom is -0.480 e. The topological polar surface area (TPSA) is 70.1 Å². The molecule has 0 saturated carbocycles. The fourth-order valence-electron chi connectivity index (χ4n) is 1.65. The zero-order chi connectivity index (χ0) is 14.3. The first-order valence-corrected chi connectivity index (χ1v) is 6.11. The summed E-state index contributed by atoms with van der Waals surface area (Å²) in [5, 5.41) is 9.19. The Morgan fingerprint density at radius 3 is 2.11 bits per heavy atom. The van der Waals surface area contributed by atoms with E-state index in [0.717, 1.165) is 0 Å². The number of carbonyl (C=O) groups is 2.